The van der Waals surface area contributed by atoms with Crippen LogP contribution in [0.5, 0.6) is 23.0 Å². The lowest BCUT2D eigenvalue weighted by molar-refractivity contribution is -0.140. The van der Waals surface area contributed by atoms with E-state index in [2.05, 4.69) is 0 Å². The van der Waals surface area contributed by atoms with Crippen LogP contribution in [0, 0.1) is 0 Å². The normalized spacial score (nSPS) is 16.9. The smallest absolute Gasteiger partial charge is 0.296 e. The van der Waals surface area contributed by atoms with Gasteiger partial charge in [-0.3, -0.25) is 9.59 Å². The van der Waals surface area contributed by atoms with Crippen LogP contribution < -0.4 is 14.2 Å². The Bertz CT molecular complexity index is 1300. The molecular formula is C27H27NO8. The van der Waals surface area contributed by atoms with E-state index in [9.17, 15) is 19.8 Å². The molecule has 0 spiro atoms. The molecule has 9 heteroatoms. The van der Waals surface area contributed by atoms with Gasteiger partial charge in [-0.1, -0.05) is 6.07 Å². The van der Waals surface area contributed by atoms with Crippen LogP contribution in [0.2, 0.25) is 0 Å². The Balaban J connectivity index is 1.89. The molecule has 1 atom stereocenters. The molecule has 188 valence electrons. The molecule has 1 aliphatic rings. The van der Waals surface area contributed by atoms with Crippen LogP contribution in [0.1, 0.15) is 36.8 Å². The third kappa shape index (κ3) is 4.59. The number of aromatic hydroxyl groups is 1. The number of ketones is 1. The molecule has 1 aliphatic heterocycles. The highest BCUT2D eigenvalue weighted by Crippen LogP contribution is 2.44. The van der Waals surface area contributed by atoms with Crippen molar-refractivity contribution < 1.29 is 38.4 Å². The summed E-state index contributed by atoms with van der Waals surface area (Å²) in [6.45, 7) is 4.36. The summed E-state index contributed by atoms with van der Waals surface area (Å²) < 4.78 is 21.8. The molecule has 1 fully saturated rings. The number of aliphatic hydroxyl groups excluding tert-OH is 1. The van der Waals surface area contributed by atoms with Crippen molar-refractivity contribution in [3.05, 3.63) is 77.3 Å². The summed E-state index contributed by atoms with van der Waals surface area (Å²) in [7, 11) is 1.42. The van der Waals surface area contributed by atoms with Crippen LogP contribution in [0.25, 0.3) is 5.76 Å². The van der Waals surface area contributed by atoms with E-state index in [1.54, 1.807) is 43.3 Å². The van der Waals surface area contributed by atoms with Crippen molar-refractivity contribution in [3.63, 3.8) is 0 Å². The number of benzene rings is 2. The predicted molar refractivity (Wildman–Crippen MR) is 130 cm³/mol. The quantitative estimate of drug-likeness (QED) is 0.256. The third-order valence-electron chi connectivity index (χ3n) is 5.78. The van der Waals surface area contributed by atoms with E-state index >= 15 is 0 Å². The first-order valence-corrected chi connectivity index (χ1v) is 11.5. The Morgan fingerprint density at radius 3 is 2.44 bits per heavy atom. The highest BCUT2D eigenvalue weighted by Gasteiger charge is 2.47. The van der Waals surface area contributed by atoms with Gasteiger partial charge in [-0.25, -0.2) is 0 Å². The molecule has 1 saturated heterocycles. The zero-order valence-corrected chi connectivity index (χ0v) is 20.2. The summed E-state index contributed by atoms with van der Waals surface area (Å²) in [6.07, 6.45) is 1.47. The summed E-state index contributed by atoms with van der Waals surface area (Å²) in [5.74, 6) is -0.728. The van der Waals surface area contributed by atoms with Crippen LogP contribution in [-0.2, 0) is 16.1 Å². The van der Waals surface area contributed by atoms with Crippen molar-refractivity contribution in [1.82, 2.24) is 4.90 Å². The van der Waals surface area contributed by atoms with E-state index in [1.807, 2.05) is 6.92 Å². The van der Waals surface area contributed by atoms with Crippen LogP contribution in [0.4, 0.5) is 0 Å². The molecule has 0 saturated carbocycles. The molecule has 0 radical (unpaired) electrons. The van der Waals surface area contributed by atoms with Gasteiger partial charge in [-0.15, -0.1) is 0 Å². The van der Waals surface area contributed by atoms with Gasteiger partial charge in [0.05, 0.1) is 50.3 Å². The van der Waals surface area contributed by atoms with Crippen LogP contribution in [0.3, 0.4) is 0 Å². The number of likely N-dealkylation sites (tertiary alicyclic amines) is 1. The minimum Gasteiger partial charge on any atom is -0.507 e. The van der Waals surface area contributed by atoms with Gasteiger partial charge in [0.25, 0.3) is 11.7 Å². The maximum Gasteiger partial charge on any atom is 0.296 e. The average Bonchev–Trinajstić information content (AvgIpc) is 3.47. The average molecular weight is 494 g/mol. The van der Waals surface area contributed by atoms with Gasteiger partial charge >= 0.3 is 0 Å². The number of ether oxygens (including phenoxy) is 3. The number of furan rings is 1. The zero-order chi connectivity index (χ0) is 25.8. The highest BCUT2D eigenvalue weighted by molar-refractivity contribution is 6.46. The van der Waals surface area contributed by atoms with E-state index in [-0.39, 0.29) is 29.2 Å². The van der Waals surface area contributed by atoms with Crippen molar-refractivity contribution >= 4 is 17.4 Å². The predicted octanol–water partition coefficient (Wildman–Crippen LogP) is 4.41. The van der Waals surface area contributed by atoms with E-state index < -0.39 is 23.5 Å². The van der Waals surface area contributed by atoms with Crippen molar-refractivity contribution in [2.75, 3.05) is 20.3 Å². The van der Waals surface area contributed by atoms with Crippen molar-refractivity contribution in [1.29, 1.82) is 0 Å². The number of nitrogens with zero attached hydrogens (tertiary/aromatic N) is 1. The monoisotopic (exact) mass is 493 g/mol. The molecule has 0 aliphatic carbocycles. The first-order chi connectivity index (χ1) is 17.4. The number of carbonyl (C=O) groups excluding carboxylic acids is 2. The second-order valence-electron chi connectivity index (χ2n) is 7.96. The molecule has 4 rings (SSSR count). The summed E-state index contributed by atoms with van der Waals surface area (Å²) >= 11 is 0. The van der Waals surface area contributed by atoms with E-state index in [0.717, 1.165) is 0 Å². The molecule has 9 nitrogen and oxygen atoms in total. The van der Waals surface area contributed by atoms with Gasteiger partial charge in [0.15, 0.2) is 11.5 Å². The van der Waals surface area contributed by atoms with Gasteiger partial charge < -0.3 is 33.7 Å². The number of aliphatic hydroxyl groups is 1. The first kappa shape index (κ1) is 24.7. The molecule has 1 amide bonds. The Kier molecular flexibility index (Phi) is 7.19. The van der Waals surface area contributed by atoms with Gasteiger partial charge in [0, 0.05) is 6.07 Å². The molecule has 2 heterocycles. The number of amides is 1. The van der Waals surface area contributed by atoms with Crippen molar-refractivity contribution in [2.45, 2.75) is 26.4 Å². The van der Waals surface area contributed by atoms with Crippen molar-refractivity contribution in [3.8, 4) is 23.0 Å². The molecule has 1 unspecified atom stereocenters. The number of phenols is 1. The van der Waals surface area contributed by atoms with Gasteiger partial charge in [-0.05, 0) is 55.8 Å². The van der Waals surface area contributed by atoms with E-state index in [0.29, 0.717) is 36.0 Å². The second kappa shape index (κ2) is 10.5. The highest BCUT2D eigenvalue weighted by atomic mass is 16.5. The Morgan fingerprint density at radius 2 is 1.81 bits per heavy atom. The van der Waals surface area contributed by atoms with Crippen LogP contribution >= 0.6 is 0 Å². The van der Waals surface area contributed by atoms with Crippen LogP contribution in [0.15, 0.2) is 64.8 Å². The third-order valence-corrected chi connectivity index (χ3v) is 5.78. The summed E-state index contributed by atoms with van der Waals surface area (Å²) in [4.78, 5) is 27.8. The SMILES string of the molecule is CCOc1ccc(/C(O)=C2/C(=O)C(=O)N(Cc3ccco3)C2c2ccc(OC)c(O)c2)c(OCC)c1. The van der Waals surface area contributed by atoms with Crippen LogP contribution in [-0.4, -0.2) is 47.1 Å². The number of hydrogen-bond donors (Lipinski definition) is 2. The van der Waals surface area contributed by atoms with E-state index in [4.69, 9.17) is 18.6 Å². The van der Waals surface area contributed by atoms with Crippen molar-refractivity contribution in [2.24, 2.45) is 0 Å². The van der Waals surface area contributed by atoms with Gasteiger partial charge in [0.1, 0.15) is 23.0 Å². The lowest BCUT2D eigenvalue weighted by Crippen LogP contribution is -2.29. The maximum atomic E-state index is 13.3. The minimum absolute atomic E-state index is 0.0204. The summed E-state index contributed by atoms with van der Waals surface area (Å²) in [6, 6.07) is 11.7. The molecule has 0 bridgehead atoms. The summed E-state index contributed by atoms with van der Waals surface area (Å²) in [5, 5.41) is 21.8. The lowest BCUT2D eigenvalue weighted by atomic mass is 9.94. The summed E-state index contributed by atoms with van der Waals surface area (Å²) in [5.41, 5.74) is 0.504. The Hall–Kier alpha value is -4.40. The minimum atomic E-state index is -1.01. The molecular weight excluding hydrogens is 466 g/mol. The number of phenolic OH excluding ortho intramolecular Hbond substituents is 1. The second-order valence-corrected chi connectivity index (χ2v) is 7.96. The molecule has 1 aromatic heterocycles. The maximum absolute atomic E-state index is 13.3. The standard InChI is InChI=1S/C27H27NO8/c1-4-34-17-9-10-19(22(14-17)35-5-2)25(30)23-24(16-8-11-21(33-3)20(29)13-16)28(27(32)26(23)31)15-18-7-6-12-36-18/h6-14,24,29-30H,4-5,15H2,1-3H3/b25-23-. The number of rotatable bonds is 9. The lowest BCUT2D eigenvalue weighted by Gasteiger charge is -2.25. The van der Waals surface area contributed by atoms with Gasteiger partial charge in [0.2, 0.25) is 0 Å². The molecule has 2 aromatic carbocycles. The fraction of sp³-hybridized carbons (Fsp3) is 0.259. The first-order valence-electron chi connectivity index (χ1n) is 11.5. The molecule has 2 N–H and O–H groups in total. The molecule has 36 heavy (non-hydrogen) atoms. The number of Topliss-reactive ketones (excluding diaryl/α,β-unsaturated/α-hetero) is 1. The number of hydrogen-bond acceptors (Lipinski definition) is 8. The molecule has 3 aromatic rings. The Labute approximate surface area is 208 Å². The fourth-order valence-corrected chi connectivity index (χ4v) is 4.21. The fourth-order valence-electron chi connectivity index (χ4n) is 4.21. The number of methoxy groups -OCH3 is 1. The van der Waals surface area contributed by atoms with E-state index in [1.165, 1.54) is 30.4 Å². The Morgan fingerprint density at radius 1 is 1.03 bits per heavy atom. The topological polar surface area (TPSA) is 119 Å². The largest absolute Gasteiger partial charge is 0.507 e. The number of carbonyl (C=O) groups is 2. The van der Waals surface area contributed by atoms with Gasteiger partial charge in [-0.2, -0.15) is 0 Å². The zero-order valence-electron chi connectivity index (χ0n) is 20.2.